The number of fused-ring (bicyclic) bond motifs is 3. The highest BCUT2D eigenvalue weighted by atomic mass is 32.2. The van der Waals surface area contributed by atoms with Crippen LogP contribution in [0.15, 0.2) is 47.4 Å². The minimum atomic E-state index is -3.53. The number of hydrogen-bond acceptors (Lipinski definition) is 5. The van der Waals surface area contributed by atoms with Crippen LogP contribution < -0.4 is 19.1 Å². The standard InChI is InChI=1S/C17H18N2O4S/c1-22-14-5-2-3-6-15(14)23-12-8-9-13-16(11-12)24(20,21)18-17-7-4-10-19(13)17/h2-3,5-6,8-9,11,17-18H,4,7,10H2,1H3. The van der Waals surface area contributed by atoms with E-state index in [4.69, 9.17) is 9.47 Å². The fourth-order valence-electron chi connectivity index (χ4n) is 3.26. The van der Waals surface area contributed by atoms with Gasteiger partial charge in [0.1, 0.15) is 10.6 Å². The lowest BCUT2D eigenvalue weighted by atomic mass is 10.2. The van der Waals surface area contributed by atoms with E-state index in [1.54, 1.807) is 31.4 Å². The lowest BCUT2D eigenvalue weighted by Crippen LogP contribution is -2.48. The predicted octanol–water partition coefficient (Wildman–Crippen LogP) is 2.71. The molecule has 0 aliphatic carbocycles. The van der Waals surface area contributed by atoms with E-state index in [0.29, 0.717) is 17.2 Å². The first-order valence-electron chi connectivity index (χ1n) is 7.82. The van der Waals surface area contributed by atoms with Crippen LogP contribution in [0.25, 0.3) is 0 Å². The highest BCUT2D eigenvalue weighted by Gasteiger charge is 2.37. The molecular weight excluding hydrogens is 328 g/mol. The van der Waals surface area contributed by atoms with Gasteiger partial charge in [0.15, 0.2) is 11.5 Å². The molecular formula is C17H18N2O4S. The minimum Gasteiger partial charge on any atom is -0.493 e. The van der Waals surface area contributed by atoms with Crippen molar-refractivity contribution in [3.8, 4) is 17.2 Å². The highest BCUT2D eigenvalue weighted by Crippen LogP contribution is 2.39. The van der Waals surface area contributed by atoms with Crippen LogP contribution >= 0.6 is 0 Å². The lowest BCUT2D eigenvalue weighted by Gasteiger charge is -2.34. The van der Waals surface area contributed by atoms with Crippen LogP contribution in [0.4, 0.5) is 5.69 Å². The van der Waals surface area contributed by atoms with E-state index >= 15 is 0 Å². The molecule has 2 aliphatic rings. The Morgan fingerprint density at radius 1 is 1.17 bits per heavy atom. The normalized spacial score (nSPS) is 21.0. The molecule has 1 unspecified atom stereocenters. The molecule has 1 fully saturated rings. The van der Waals surface area contributed by atoms with Crippen LogP contribution in [0.2, 0.25) is 0 Å². The molecule has 1 N–H and O–H groups in total. The zero-order valence-electron chi connectivity index (χ0n) is 13.2. The van der Waals surface area contributed by atoms with Gasteiger partial charge in [-0.3, -0.25) is 0 Å². The fourth-order valence-corrected chi connectivity index (χ4v) is 4.72. The summed E-state index contributed by atoms with van der Waals surface area (Å²) in [5.41, 5.74) is 0.739. The highest BCUT2D eigenvalue weighted by molar-refractivity contribution is 7.89. The third kappa shape index (κ3) is 2.50. The Hall–Kier alpha value is -2.25. The van der Waals surface area contributed by atoms with Crippen molar-refractivity contribution < 1.29 is 17.9 Å². The molecule has 0 saturated carbocycles. The quantitative estimate of drug-likeness (QED) is 0.925. The molecule has 1 atom stereocenters. The molecule has 0 radical (unpaired) electrons. The van der Waals surface area contributed by atoms with Crippen molar-refractivity contribution in [1.82, 2.24) is 4.72 Å². The molecule has 2 aromatic rings. The number of benzene rings is 2. The number of anilines is 1. The number of ether oxygens (including phenoxy) is 2. The smallest absolute Gasteiger partial charge is 0.244 e. The molecule has 7 heteroatoms. The maximum atomic E-state index is 12.5. The summed E-state index contributed by atoms with van der Waals surface area (Å²) < 4.78 is 38.9. The van der Waals surface area contributed by atoms with Crippen LogP contribution in [0.1, 0.15) is 12.8 Å². The summed E-state index contributed by atoms with van der Waals surface area (Å²) in [7, 11) is -1.96. The van der Waals surface area contributed by atoms with E-state index in [0.717, 1.165) is 25.1 Å². The number of nitrogens with zero attached hydrogens (tertiary/aromatic N) is 1. The van der Waals surface area contributed by atoms with Crippen LogP contribution in [0, 0.1) is 0 Å². The summed E-state index contributed by atoms with van der Waals surface area (Å²) in [4.78, 5) is 2.36. The Morgan fingerprint density at radius 2 is 1.96 bits per heavy atom. The molecule has 2 aliphatic heterocycles. The van der Waals surface area contributed by atoms with Gasteiger partial charge in [-0.1, -0.05) is 12.1 Å². The SMILES string of the molecule is COc1ccccc1Oc1ccc2c(c1)S(=O)(=O)NC1CCCN21. The van der Waals surface area contributed by atoms with Crippen molar-refractivity contribution in [3.05, 3.63) is 42.5 Å². The first-order chi connectivity index (χ1) is 11.6. The zero-order chi connectivity index (χ0) is 16.7. The second kappa shape index (κ2) is 5.68. The Balaban J connectivity index is 1.73. The van der Waals surface area contributed by atoms with Crippen LogP contribution in [0.5, 0.6) is 17.2 Å². The van der Waals surface area contributed by atoms with Gasteiger partial charge in [-0.2, -0.15) is 4.72 Å². The van der Waals surface area contributed by atoms with Crippen LogP contribution in [-0.2, 0) is 10.0 Å². The fraction of sp³-hybridized carbons (Fsp3) is 0.294. The number of rotatable bonds is 3. The van der Waals surface area contributed by atoms with Gasteiger partial charge in [0.05, 0.1) is 19.0 Å². The minimum absolute atomic E-state index is 0.136. The van der Waals surface area contributed by atoms with Gasteiger partial charge in [-0.25, -0.2) is 8.42 Å². The molecule has 0 aromatic heterocycles. The van der Waals surface area contributed by atoms with Crippen molar-refractivity contribution in [2.24, 2.45) is 0 Å². The first kappa shape index (κ1) is 15.3. The molecule has 2 heterocycles. The summed E-state index contributed by atoms with van der Waals surface area (Å²) in [6.07, 6.45) is 1.67. The van der Waals surface area contributed by atoms with Crippen molar-refractivity contribution >= 4 is 15.7 Å². The monoisotopic (exact) mass is 346 g/mol. The molecule has 0 spiro atoms. The second-order valence-electron chi connectivity index (χ2n) is 5.86. The van der Waals surface area contributed by atoms with Crippen molar-refractivity contribution in [2.75, 3.05) is 18.6 Å². The molecule has 0 amide bonds. The van der Waals surface area contributed by atoms with Gasteiger partial charge in [-0.05, 0) is 37.1 Å². The molecule has 4 rings (SSSR count). The van der Waals surface area contributed by atoms with Gasteiger partial charge in [0, 0.05) is 12.6 Å². The van der Waals surface area contributed by atoms with E-state index in [-0.39, 0.29) is 11.1 Å². The van der Waals surface area contributed by atoms with E-state index in [9.17, 15) is 8.42 Å². The van der Waals surface area contributed by atoms with Gasteiger partial charge in [0.2, 0.25) is 10.0 Å². The van der Waals surface area contributed by atoms with Gasteiger partial charge >= 0.3 is 0 Å². The number of hydrogen-bond donors (Lipinski definition) is 1. The van der Waals surface area contributed by atoms with Gasteiger partial charge in [-0.15, -0.1) is 0 Å². The van der Waals surface area contributed by atoms with Crippen LogP contribution in [-0.4, -0.2) is 28.2 Å². The van der Waals surface area contributed by atoms with E-state index in [1.807, 2.05) is 18.2 Å². The first-order valence-corrected chi connectivity index (χ1v) is 9.31. The third-order valence-corrected chi connectivity index (χ3v) is 5.86. The largest absolute Gasteiger partial charge is 0.493 e. The number of methoxy groups -OCH3 is 1. The Labute approximate surface area is 141 Å². The van der Waals surface area contributed by atoms with Gasteiger partial charge in [0.25, 0.3) is 0 Å². The molecule has 24 heavy (non-hydrogen) atoms. The second-order valence-corrected chi connectivity index (χ2v) is 7.54. The zero-order valence-corrected chi connectivity index (χ0v) is 14.0. The maximum absolute atomic E-state index is 12.5. The number of para-hydroxylation sites is 2. The number of sulfonamides is 1. The third-order valence-electron chi connectivity index (χ3n) is 4.37. The van der Waals surface area contributed by atoms with Crippen molar-refractivity contribution in [3.63, 3.8) is 0 Å². The molecule has 6 nitrogen and oxygen atoms in total. The predicted molar refractivity (Wildman–Crippen MR) is 90.2 cm³/mol. The molecule has 1 saturated heterocycles. The molecule has 0 bridgehead atoms. The van der Waals surface area contributed by atoms with Gasteiger partial charge < -0.3 is 14.4 Å². The lowest BCUT2D eigenvalue weighted by molar-refractivity contribution is 0.378. The average molecular weight is 346 g/mol. The topological polar surface area (TPSA) is 67.9 Å². The maximum Gasteiger partial charge on any atom is 0.244 e. The van der Waals surface area contributed by atoms with Crippen molar-refractivity contribution in [1.29, 1.82) is 0 Å². The molecule has 2 aromatic carbocycles. The average Bonchev–Trinajstić information content (AvgIpc) is 3.03. The van der Waals surface area contributed by atoms with E-state index < -0.39 is 10.0 Å². The number of nitrogens with one attached hydrogen (secondary N) is 1. The summed E-state index contributed by atoms with van der Waals surface area (Å²) in [5, 5.41) is 0. The summed E-state index contributed by atoms with van der Waals surface area (Å²) in [5.74, 6) is 1.59. The summed E-state index contributed by atoms with van der Waals surface area (Å²) >= 11 is 0. The molecule has 126 valence electrons. The Bertz CT molecular complexity index is 882. The summed E-state index contributed by atoms with van der Waals surface area (Å²) in [6.45, 7) is 0.854. The Kier molecular flexibility index (Phi) is 3.62. The van der Waals surface area contributed by atoms with E-state index in [1.165, 1.54) is 0 Å². The van der Waals surface area contributed by atoms with Crippen molar-refractivity contribution in [2.45, 2.75) is 23.9 Å². The van der Waals surface area contributed by atoms with E-state index in [2.05, 4.69) is 9.62 Å². The summed E-state index contributed by atoms with van der Waals surface area (Å²) in [6, 6.07) is 12.4. The van der Waals surface area contributed by atoms with Crippen LogP contribution in [0.3, 0.4) is 0 Å². The Morgan fingerprint density at radius 3 is 2.75 bits per heavy atom.